The van der Waals surface area contributed by atoms with E-state index in [2.05, 4.69) is 23.6 Å². The maximum atomic E-state index is 12.9. The van der Waals surface area contributed by atoms with E-state index in [0.29, 0.717) is 63.7 Å². The monoisotopic (exact) mass is 806 g/mol. The second-order valence-electron chi connectivity index (χ2n) is 14.5. The van der Waals surface area contributed by atoms with Crippen LogP contribution in [0.25, 0.3) is 32.8 Å². The fourth-order valence-corrected chi connectivity index (χ4v) is 8.91. The molecule has 58 heavy (non-hydrogen) atoms. The van der Waals surface area contributed by atoms with Gasteiger partial charge in [-0.05, 0) is 54.1 Å². The lowest BCUT2D eigenvalue weighted by atomic mass is 9.98. The van der Waals surface area contributed by atoms with Crippen LogP contribution in [-0.4, -0.2) is 95.9 Å². The first-order valence-electron chi connectivity index (χ1n) is 19.3. The predicted molar refractivity (Wildman–Crippen MR) is 227 cm³/mol. The van der Waals surface area contributed by atoms with Crippen molar-refractivity contribution in [3.8, 4) is 22.6 Å². The molecule has 1 fully saturated rings. The number of anilines is 1. The first kappa shape index (κ1) is 40.5. The minimum absolute atomic E-state index is 0.149. The predicted octanol–water partition coefficient (Wildman–Crippen LogP) is 6.65. The Kier molecular flexibility index (Phi) is 12.2. The molecule has 0 aliphatic carbocycles. The number of aromatic carboxylic acids is 1. The van der Waals surface area contributed by atoms with Gasteiger partial charge in [-0.3, -0.25) is 4.68 Å². The fraction of sp³-hybridized carbons (Fsp3) is 0.318. The summed E-state index contributed by atoms with van der Waals surface area (Å²) < 4.78 is 50.0. The van der Waals surface area contributed by atoms with Gasteiger partial charge in [-0.1, -0.05) is 60.7 Å². The molecule has 0 unspecified atom stereocenters. The van der Waals surface area contributed by atoms with Crippen molar-refractivity contribution in [2.24, 2.45) is 14.1 Å². The van der Waals surface area contributed by atoms with E-state index in [1.165, 1.54) is 8.61 Å². The molecule has 6 aromatic rings. The Balaban J connectivity index is 1.14. The largest absolute Gasteiger partial charge is 0.493 e. The van der Waals surface area contributed by atoms with Gasteiger partial charge >= 0.3 is 5.97 Å². The van der Waals surface area contributed by atoms with Crippen molar-refractivity contribution in [3.63, 3.8) is 0 Å². The van der Waals surface area contributed by atoms with Gasteiger partial charge in [0.1, 0.15) is 29.5 Å². The Labute approximate surface area is 339 Å². The summed E-state index contributed by atoms with van der Waals surface area (Å²) in [5.41, 5.74) is 5.90. The number of fused-ring (bicyclic) bond motifs is 2. The number of rotatable bonds is 17. The second-order valence-corrected chi connectivity index (χ2v) is 16.6. The minimum atomic E-state index is -3.45. The third-order valence-electron chi connectivity index (χ3n) is 10.7. The van der Waals surface area contributed by atoms with Gasteiger partial charge in [0, 0.05) is 82.0 Å². The van der Waals surface area contributed by atoms with E-state index in [-0.39, 0.29) is 18.9 Å². The van der Waals surface area contributed by atoms with E-state index in [9.17, 15) is 18.3 Å². The van der Waals surface area contributed by atoms with Crippen LogP contribution in [0.3, 0.4) is 0 Å². The zero-order chi connectivity index (χ0) is 41.0. The summed E-state index contributed by atoms with van der Waals surface area (Å²) in [4.78, 5) is 15.0. The van der Waals surface area contributed by atoms with Crippen LogP contribution >= 0.6 is 0 Å². The van der Waals surface area contributed by atoms with Crippen molar-refractivity contribution in [3.05, 3.63) is 120 Å². The third kappa shape index (κ3) is 8.18. The van der Waals surface area contributed by atoms with Gasteiger partial charge in [-0.25, -0.2) is 4.79 Å². The lowest BCUT2D eigenvalue weighted by Gasteiger charge is -2.36. The fourth-order valence-electron chi connectivity index (χ4n) is 7.82. The van der Waals surface area contributed by atoms with Crippen molar-refractivity contribution in [1.29, 1.82) is 0 Å². The van der Waals surface area contributed by atoms with Crippen LogP contribution in [0.5, 0.6) is 11.5 Å². The van der Waals surface area contributed by atoms with Gasteiger partial charge in [0.15, 0.2) is 0 Å². The lowest BCUT2D eigenvalue weighted by Crippen LogP contribution is -2.51. The molecule has 7 rings (SSSR count). The summed E-state index contributed by atoms with van der Waals surface area (Å²) in [6.45, 7) is 6.95. The van der Waals surface area contributed by atoms with Gasteiger partial charge in [0.2, 0.25) is 0 Å². The number of aryl methyl sites for hydroxylation is 3. The molecule has 3 heterocycles. The van der Waals surface area contributed by atoms with Gasteiger partial charge in [-0.2, -0.15) is 22.1 Å². The molecule has 0 saturated carbocycles. The minimum Gasteiger partial charge on any atom is -0.493 e. The molecule has 0 atom stereocenters. The van der Waals surface area contributed by atoms with Gasteiger partial charge < -0.3 is 28.8 Å². The van der Waals surface area contributed by atoms with Gasteiger partial charge in [0.25, 0.3) is 10.2 Å². The van der Waals surface area contributed by atoms with Crippen LogP contribution in [0.2, 0.25) is 0 Å². The molecular formula is C44H50N6O7S. The summed E-state index contributed by atoms with van der Waals surface area (Å²) >= 11 is 0. The zero-order valence-corrected chi connectivity index (χ0v) is 34.2. The molecule has 2 aromatic heterocycles. The van der Waals surface area contributed by atoms with Crippen molar-refractivity contribution < 1.29 is 32.5 Å². The summed E-state index contributed by atoms with van der Waals surface area (Å²) in [5, 5.41) is 18.4. The normalized spacial score (nSPS) is 13.8. The van der Waals surface area contributed by atoms with E-state index in [1.54, 1.807) is 36.5 Å². The summed E-state index contributed by atoms with van der Waals surface area (Å²) in [5.74, 6) is 0.457. The van der Waals surface area contributed by atoms with E-state index in [4.69, 9.17) is 19.3 Å². The van der Waals surface area contributed by atoms with E-state index in [1.807, 2.05) is 79.8 Å². The number of carboxylic acid groups (broad SMARTS) is 1. The summed E-state index contributed by atoms with van der Waals surface area (Å²) in [6, 6.07) is 27.8. The highest BCUT2D eigenvalue weighted by Crippen LogP contribution is 2.38. The quantitative estimate of drug-likeness (QED) is 0.0795. The third-order valence-corrected chi connectivity index (χ3v) is 12.6. The zero-order valence-electron chi connectivity index (χ0n) is 33.4. The van der Waals surface area contributed by atoms with Crippen molar-refractivity contribution in [2.75, 3.05) is 58.4 Å². The van der Waals surface area contributed by atoms with Crippen LogP contribution in [0.4, 0.5) is 5.69 Å². The molecule has 4 aromatic carbocycles. The molecule has 13 nitrogen and oxygen atoms in total. The van der Waals surface area contributed by atoms with Crippen LogP contribution in [0.15, 0.2) is 97.6 Å². The van der Waals surface area contributed by atoms with Crippen molar-refractivity contribution in [1.82, 2.24) is 23.0 Å². The number of hydrogen-bond acceptors (Lipinski definition) is 8. The number of ether oxygens (including phenoxy) is 3. The maximum Gasteiger partial charge on any atom is 0.352 e. The van der Waals surface area contributed by atoms with Gasteiger partial charge in [-0.15, -0.1) is 6.58 Å². The molecule has 1 saturated heterocycles. The smallest absolute Gasteiger partial charge is 0.352 e. The highest BCUT2D eigenvalue weighted by Gasteiger charge is 2.29. The average molecular weight is 807 g/mol. The lowest BCUT2D eigenvalue weighted by molar-refractivity contribution is 0.0685. The van der Waals surface area contributed by atoms with E-state index in [0.717, 1.165) is 55.5 Å². The Morgan fingerprint density at radius 1 is 0.897 bits per heavy atom. The van der Waals surface area contributed by atoms with Crippen LogP contribution in [0.1, 0.15) is 33.9 Å². The number of piperazine rings is 1. The van der Waals surface area contributed by atoms with E-state index < -0.39 is 16.2 Å². The maximum absolute atomic E-state index is 12.9. The molecule has 0 amide bonds. The Morgan fingerprint density at radius 2 is 1.60 bits per heavy atom. The number of carbonyl (C=O) groups is 1. The van der Waals surface area contributed by atoms with Gasteiger partial charge in [0.05, 0.1) is 31.0 Å². The number of hydrogen-bond donors (Lipinski definition) is 1. The highest BCUT2D eigenvalue weighted by atomic mass is 32.2. The molecule has 14 heteroatoms. The van der Waals surface area contributed by atoms with Crippen LogP contribution in [-0.2, 0) is 48.7 Å². The average Bonchev–Trinajstić information content (AvgIpc) is 3.70. The standard InChI is InChI=1S/C44H50N6O7S/c1-6-27-55-30-39-41(38(45-48(39)5)29-57-33-21-19-32(20-22-33)49-23-25-50(26-24-49)58(53,54)46(2)3)37-16-10-15-35-36(43(44(51)52)47(4)42(35)37)17-11-28-56-40-18-9-13-31-12-7-8-14-34(31)40/h6-10,12-16,18-22H,1,11,17,23-30H2,2-5H3,(H,51,52). The Bertz CT molecular complexity index is 2530. The van der Waals surface area contributed by atoms with E-state index >= 15 is 0 Å². The summed E-state index contributed by atoms with van der Waals surface area (Å²) in [6.07, 6.45) is 2.82. The van der Waals surface area contributed by atoms with Crippen LogP contribution < -0.4 is 14.4 Å². The second kappa shape index (κ2) is 17.4. The molecule has 304 valence electrons. The Hall–Kier alpha value is -5.67. The van der Waals surface area contributed by atoms with Crippen LogP contribution in [0, 0.1) is 0 Å². The molecule has 1 aliphatic rings. The highest BCUT2D eigenvalue weighted by molar-refractivity contribution is 7.86. The molecule has 0 spiro atoms. The first-order chi connectivity index (χ1) is 28.0. The van der Waals surface area contributed by atoms with Crippen molar-refractivity contribution >= 4 is 43.5 Å². The molecule has 1 N–H and O–H groups in total. The van der Waals surface area contributed by atoms with Crippen molar-refractivity contribution in [2.45, 2.75) is 26.1 Å². The summed E-state index contributed by atoms with van der Waals surface area (Å²) in [7, 11) is 3.31. The first-order valence-corrected chi connectivity index (χ1v) is 20.7. The topological polar surface area (TPSA) is 132 Å². The SMILES string of the molecule is C=CCOCc1c(-c2cccc3c(CCCOc4cccc5ccccc45)c(C(=O)O)n(C)c23)c(COc2ccc(N3CCN(S(=O)(=O)N(C)C)CC3)cc2)nn1C. The number of aromatic nitrogens is 3. The molecular weight excluding hydrogens is 757 g/mol. The number of nitrogens with zero attached hydrogens (tertiary/aromatic N) is 6. The molecule has 0 bridgehead atoms. The molecule has 0 radical (unpaired) electrons. The molecule has 1 aliphatic heterocycles. The number of para-hydroxylation sites is 1. The number of carboxylic acids is 1. The number of benzene rings is 4. The Morgan fingerprint density at radius 3 is 2.33 bits per heavy atom.